The standard InChI is InChI=1S/C22H24FN3O4/c1-26-11-17(21(28)24-10-14-5-3-4-6-18(14)29-2)22(12-26)13-30-19-8-7-15(23)9-16(19)20(27)25-22/h3-9,17H,10-13H2,1-2H3,(H,24,28)(H,25,27)/t17-,22-/m0/s1. The van der Waals surface area contributed by atoms with Crippen LogP contribution in [0.1, 0.15) is 15.9 Å². The van der Waals surface area contributed by atoms with Gasteiger partial charge in [0, 0.05) is 25.2 Å². The van der Waals surface area contributed by atoms with Gasteiger partial charge in [-0.2, -0.15) is 0 Å². The summed E-state index contributed by atoms with van der Waals surface area (Å²) < 4.78 is 24.8. The topological polar surface area (TPSA) is 79.9 Å². The number of likely N-dealkylation sites (tertiary alicyclic amines) is 1. The molecule has 0 bridgehead atoms. The molecule has 158 valence electrons. The number of methoxy groups -OCH3 is 1. The van der Waals surface area contributed by atoms with Gasteiger partial charge in [-0.05, 0) is 31.3 Å². The minimum Gasteiger partial charge on any atom is -0.496 e. The summed E-state index contributed by atoms with van der Waals surface area (Å²) in [5.41, 5.74) is 0.0824. The second kappa shape index (κ2) is 7.95. The van der Waals surface area contributed by atoms with E-state index in [1.54, 1.807) is 7.11 Å². The lowest BCUT2D eigenvalue weighted by atomic mass is 9.86. The van der Waals surface area contributed by atoms with Crippen molar-refractivity contribution in [2.75, 3.05) is 33.9 Å². The van der Waals surface area contributed by atoms with Gasteiger partial charge < -0.3 is 25.0 Å². The van der Waals surface area contributed by atoms with Gasteiger partial charge in [-0.15, -0.1) is 0 Å². The number of carbonyl (C=O) groups is 2. The van der Waals surface area contributed by atoms with Crippen LogP contribution >= 0.6 is 0 Å². The molecule has 0 saturated carbocycles. The van der Waals surface area contributed by atoms with E-state index in [9.17, 15) is 14.0 Å². The van der Waals surface area contributed by atoms with Gasteiger partial charge in [0.15, 0.2) is 0 Å². The van der Waals surface area contributed by atoms with Gasteiger partial charge in [0.1, 0.15) is 23.9 Å². The predicted octanol–water partition coefficient (Wildman–Crippen LogP) is 1.57. The molecule has 30 heavy (non-hydrogen) atoms. The smallest absolute Gasteiger partial charge is 0.255 e. The number of ether oxygens (including phenoxy) is 2. The fraction of sp³-hybridized carbons (Fsp3) is 0.364. The Bertz CT molecular complexity index is 983. The van der Waals surface area contributed by atoms with Gasteiger partial charge in [0.05, 0.1) is 24.1 Å². The first kappa shape index (κ1) is 20.2. The maximum atomic E-state index is 13.6. The zero-order valence-electron chi connectivity index (χ0n) is 16.9. The monoisotopic (exact) mass is 413 g/mol. The van der Waals surface area contributed by atoms with Crippen LogP contribution in [0.4, 0.5) is 4.39 Å². The van der Waals surface area contributed by atoms with Crippen LogP contribution in [-0.2, 0) is 11.3 Å². The second-order valence-corrected chi connectivity index (χ2v) is 7.82. The van der Waals surface area contributed by atoms with Gasteiger partial charge >= 0.3 is 0 Å². The van der Waals surface area contributed by atoms with Crippen LogP contribution in [0.3, 0.4) is 0 Å². The Balaban J connectivity index is 1.54. The summed E-state index contributed by atoms with van der Waals surface area (Å²) in [4.78, 5) is 27.9. The molecule has 1 saturated heterocycles. The summed E-state index contributed by atoms with van der Waals surface area (Å²) in [5, 5.41) is 5.92. The Labute approximate surface area is 174 Å². The summed E-state index contributed by atoms with van der Waals surface area (Å²) in [6, 6.07) is 11.3. The largest absolute Gasteiger partial charge is 0.496 e. The maximum absolute atomic E-state index is 13.6. The summed E-state index contributed by atoms with van der Waals surface area (Å²) >= 11 is 0. The number of benzene rings is 2. The third kappa shape index (κ3) is 3.70. The second-order valence-electron chi connectivity index (χ2n) is 7.82. The molecule has 2 heterocycles. The lowest BCUT2D eigenvalue weighted by Gasteiger charge is -2.32. The molecule has 2 aromatic rings. The Kier molecular flexibility index (Phi) is 5.34. The van der Waals surface area contributed by atoms with E-state index < -0.39 is 23.2 Å². The Morgan fingerprint density at radius 1 is 1.37 bits per heavy atom. The molecule has 2 aliphatic heterocycles. The molecule has 2 N–H and O–H groups in total. The van der Waals surface area contributed by atoms with E-state index >= 15 is 0 Å². The van der Waals surface area contributed by atoms with Crippen molar-refractivity contribution in [1.29, 1.82) is 0 Å². The number of hydrogen-bond acceptors (Lipinski definition) is 5. The van der Waals surface area contributed by atoms with Gasteiger partial charge in [-0.3, -0.25) is 9.59 Å². The van der Waals surface area contributed by atoms with E-state index in [1.165, 1.54) is 12.1 Å². The SMILES string of the molecule is COc1ccccc1CNC(=O)[C@@H]1CN(C)C[C@]12COc1ccc(F)cc1C(=O)N2. The third-order valence-electron chi connectivity index (χ3n) is 5.71. The zero-order chi connectivity index (χ0) is 21.3. The lowest BCUT2D eigenvalue weighted by molar-refractivity contribution is -0.126. The highest BCUT2D eigenvalue weighted by Gasteiger charge is 2.52. The molecule has 0 aliphatic carbocycles. The number of likely N-dealkylation sites (N-methyl/N-ethyl adjacent to an activating group) is 1. The molecule has 1 fully saturated rings. The Morgan fingerprint density at radius 3 is 2.97 bits per heavy atom. The van der Waals surface area contributed by atoms with E-state index in [-0.39, 0.29) is 18.1 Å². The maximum Gasteiger partial charge on any atom is 0.255 e. The molecule has 1 spiro atoms. The fourth-order valence-electron chi connectivity index (χ4n) is 4.25. The summed E-state index contributed by atoms with van der Waals surface area (Å²) in [7, 11) is 3.47. The third-order valence-corrected chi connectivity index (χ3v) is 5.71. The van der Waals surface area contributed by atoms with Gasteiger partial charge in [0.2, 0.25) is 5.91 Å². The highest BCUT2D eigenvalue weighted by Crippen LogP contribution is 2.33. The van der Waals surface area contributed by atoms with Crippen LogP contribution in [-0.4, -0.2) is 56.1 Å². The molecule has 0 aromatic heterocycles. The summed E-state index contributed by atoms with van der Waals surface area (Å²) in [5.74, 6) is -0.669. The van der Waals surface area contributed by atoms with Crippen molar-refractivity contribution in [3.05, 3.63) is 59.4 Å². The van der Waals surface area contributed by atoms with Crippen molar-refractivity contribution < 1.29 is 23.5 Å². The minimum absolute atomic E-state index is 0.120. The molecule has 0 radical (unpaired) electrons. The van der Waals surface area contributed by atoms with Gasteiger partial charge in [-0.1, -0.05) is 18.2 Å². The number of nitrogens with one attached hydrogen (secondary N) is 2. The molecule has 4 rings (SSSR count). The molecule has 0 unspecified atom stereocenters. The fourth-order valence-corrected chi connectivity index (χ4v) is 4.25. The highest BCUT2D eigenvalue weighted by molar-refractivity contribution is 5.98. The normalized spacial score (nSPS) is 23.3. The number of hydrogen-bond donors (Lipinski definition) is 2. The number of rotatable bonds is 4. The van der Waals surface area contributed by atoms with Gasteiger partial charge in [-0.25, -0.2) is 4.39 Å². The van der Waals surface area contributed by atoms with Crippen LogP contribution in [0.15, 0.2) is 42.5 Å². The number of fused-ring (bicyclic) bond motifs is 1. The molecule has 8 heteroatoms. The van der Waals surface area contributed by atoms with Crippen molar-refractivity contribution in [3.63, 3.8) is 0 Å². The van der Waals surface area contributed by atoms with Crippen LogP contribution in [0.25, 0.3) is 0 Å². The summed E-state index contributed by atoms with van der Waals surface area (Å²) in [6.07, 6.45) is 0. The van der Waals surface area contributed by atoms with Gasteiger partial charge in [0.25, 0.3) is 5.91 Å². The molecule has 2 atom stereocenters. The van der Waals surface area contributed by atoms with E-state index in [2.05, 4.69) is 10.6 Å². The van der Waals surface area contributed by atoms with Crippen molar-refractivity contribution >= 4 is 11.8 Å². The van der Waals surface area contributed by atoms with Crippen LogP contribution in [0.5, 0.6) is 11.5 Å². The first-order valence-electron chi connectivity index (χ1n) is 9.75. The Morgan fingerprint density at radius 2 is 2.17 bits per heavy atom. The van der Waals surface area contributed by atoms with Crippen molar-refractivity contribution in [2.24, 2.45) is 5.92 Å². The molecule has 2 aromatic carbocycles. The minimum atomic E-state index is -0.911. The van der Waals surface area contributed by atoms with Crippen LogP contribution in [0.2, 0.25) is 0 Å². The quantitative estimate of drug-likeness (QED) is 0.796. The summed E-state index contributed by atoms with van der Waals surface area (Å²) in [6.45, 7) is 1.34. The van der Waals surface area contributed by atoms with Crippen molar-refractivity contribution in [1.82, 2.24) is 15.5 Å². The van der Waals surface area contributed by atoms with Crippen LogP contribution in [0, 0.1) is 11.7 Å². The Hall–Kier alpha value is -3.13. The van der Waals surface area contributed by atoms with E-state index in [0.717, 1.165) is 11.6 Å². The number of amides is 2. The van der Waals surface area contributed by atoms with Crippen molar-refractivity contribution in [2.45, 2.75) is 12.1 Å². The van der Waals surface area contributed by atoms with Crippen LogP contribution < -0.4 is 20.1 Å². The predicted molar refractivity (Wildman–Crippen MR) is 108 cm³/mol. The molecule has 2 amide bonds. The molecular formula is C22H24FN3O4. The first-order valence-corrected chi connectivity index (χ1v) is 9.75. The van der Waals surface area contributed by atoms with E-state index in [4.69, 9.17) is 9.47 Å². The molecule has 7 nitrogen and oxygen atoms in total. The highest BCUT2D eigenvalue weighted by atomic mass is 19.1. The van der Waals surface area contributed by atoms with Crippen molar-refractivity contribution in [3.8, 4) is 11.5 Å². The molecular weight excluding hydrogens is 389 g/mol. The number of halogens is 1. The number of para-hydroxylation sites is 1. The number of nitrogens with zero attached hydrogens (tertiary/aromatic N) is 1. The van der Waals surface area contributed by atoms with E-state index in [1.807, 2.05) is 36.2 Å². The van der Waals surface area contributed by atoms with E-state index in [0.29, 0.717) is 31.1 Å². The molecule has 2 aliphatic rings. The zero-order valence-corrected chi connectivity index (χ0v) is 16.9. The first-order chi connectivity index (χ1) is 14.4. The number of carbonyl (C=O) groups excluding carboxylic acids is 2. The average molecular weight is 413 g/mol. The average Bonchev–Trinajstić information content (AvgIpc) is 2.99. The lowest BCUT2D eigenvalue weighted by Crippen LogP contribution is -2.60.